The summed E-state index contributed by atoms with van der Waals surface area (Å²) in [6, 6.07) is 9.88. The van der Waals surface area contributed by atoms with Gasteiger partial charge in [-0.1, -0.05) is 27.5 Å². The number of aromatic amines is 1. The summed E-state index contributed by atoms with van der Waals surface area (Å²) in [5, 5.41) is 0.232. The van der Waals surface area contributed by atoms with Gasteiger partial charge in [0.2, 0.25) is 5.75 Å². The number of halogens is 5. The number of H-pyrrole nitrogens is 1. The maximum Gasteiger partial charge on any atom is 0.420 e. The molecular formula is C16H8BrClF3NO2. The Bertz CT molecular complexity index is 968. The largest absolute Gasteiger partial charge is 0.451 e. The molecule has 0 aliphatic carbocycles. The van der Waals surface area contributed by atoms with Crippen LogP contribution in [0, 0.1) is 0 Å². The number of hydrogen-bond acceptors (Lipinski definition) is 2. The fourth-order valence-electron chi connectivity index (χ4n) is 2.25. The number of hydrogen-bond donors (Lipinski definition) is 1. The summed E-state index contributed by atoms with van der Waals surface area (Å²) in [5.74, 6) is -0.736. The maximum absolute atomic E-state index is 13.6. The fourth-order valence-corrected chi connectivity index (χ4v) is 2.73. The smallest absolute Gasteiger partial charge is 0.420 e. The van der Waals surface area contributed by atoms with Crippen molar-refractivity contribution in [2.45, 2.75) is 6.18 Å². The van der Waals surface area contributed by atoms with Crippen LogP contribution in [0.2, 0.25) is 5.02 Å². The second-order valence-corrected chi connectivity index (χ2v) is 6.25. The van der Waals surface area contributed by atoms with Crippen LogP contribution in [0.1, 0.15) is 5.56 Å². The van der Waals surface area contributed by atoms with Gasteiger partial charge in [-0.05, 0) is 42.5 Å². The molecule has 0 saturated carbocycles. The summed E-state index contributed by atoms with van der Waals surface area (Å²) in [6.45, 7) is 0. The van der Waals surface area contributed by atoms with Crippen LogP contribution in [0.15, 0.2) is 51.7 Å². The number of ether oxygens (including phenoxy) is 1. The topological polar surface area (TPSA) is 42.1 Å². The summed E-state index contributed by atoms with van der Waals surface area (Å²) >= 11 is 8.87. The van der Waals surface area contributed by atoms with Gasteiger partial charge in [-0.25, -0.2) is 0 Å². The normalized spacial score (nSPS) is 11.7. The highest BCUT2D eigenvalue weighted by Crippen LogP contribution is 2.40. The highest BCUT2D eigenvalue weighted by molar-refractivity contribution is 9.10. The molecule has 0 bridgehead atoms. The molecule has 1 heterocycles. The highest BCUT2D eigenvalue weighted by atomic mass is 79.9. The van der Waals surface area contributed by atoms with Crippen molar-refractivity contribution in [3.8, 4) is 11.5 Å². The van der Waals surface area contributed by atoms with Gasteiger partial charge in [-0.15, -0.1) is 0 Å². The Morgan fingerprint density at radius 1 is 1.08 bits per heavy atom. The molecule has 1 aromatic heterocycles. The Morgan fingerprint density at radius 2 is 1.75 bits per heavy atom. The Balaban J connectivity index is 2.27. The zero-order valence-corrected chi connectivity index (χ0v) is 14.1. The second-order valence-electron chi connectivity index (χ2n) is 4.90. The van der Waals surface area contributed by atoms with Crippen LogP contribution < -0.4 is 10.3 Å². The van der Waals surface area contributed by atoms with Gasteiger partial charge in [0.15, 0.2) is 0 Å². The molecule has 0 aliphatic rings. The number of pyridine rings is 1. The van der Waals surface area contributed by atoms with E-state index in [0.29, 0.717) is 9.50 Å². The van der Waals surface area contributed by atoms with Crippen molar-refractivity contribution in [3.63, 3.8) is 0 Å². The van der Waals surface area contributed by atoms with Gasteiger partial charge in [0.05, 0.1) is 0 Å². The first-order chi connectivity index (χ1) is 11.3. The molecule has 1 N–H and O–H groups in total. The van der Waals surface area contributed by atoms with E-state index in [1.807, 2.05) is 0 Å². The standard InChI is InChI=1S/C16H8BrClF3NO2/c17-8-1-6-12-11(7-8)13(16(19,20)21)14(15(23)22-12)24-10-4-2-9(18)3-5-10/h1-7H,(H,22,23). The lowest BCUT2D eigenvalue weighted by Crippen LogP contribution is -2.18. The zero-order chi connectivity index (χ0) is 17.5. The average Bonchev–Trinajstić information content (AvgIpc) is 2.49. The summed E-state index contributed by atoms with van der Waals surface area (Å²) in [4.78, 5) is 14.5. The lowest BCUT2D eigenvalue weighted by atomic mass is 10.1. The van der Waals surface area contributed by atoms with Gasteiger partial charge >= 0.3 is 6.18 Å². The minimum Gasteiger partial charge on any atom is -0.451 e. The van der Waals surface area contributed by atoms with Crippen LogP contribution in [-0.2, 0) is 6.18 Å². The number of benzene rings is 2. The van der Waals surface area contributed by atoms with Crippen molar-refractivity contribution in [2.24, 2.45) is 0 Å². The third kappa shape index (κ3) is 3.27. The maximum atomic E-state index is 13.6. The molecule has 3 aromatic rings. The molecule has 3 rings (SSSR count). The van der Waals surface area contributed by atoms with Gasteiger partial charge in [0.1, 0.15) is 11.3 Å². The molecule has 0 spiro atoms. The third-order valence-electron chi connectivity index (χ3n) is 3.25. The molecule has 2 aromatic carbocycles. The monoisotopic (exact) mass is 417 g/mol. The van der Waals surface area contributed by atoms with Crippen molar-refractivity contribution >= 4 is 38.4 Å². The van der Waals surface area contributed by atoms with Gasteiger partial charge in [0.25, 0.3) is 5.56 Å². The van der Waals surface area contributed by atoms with Crippen LogP contribution in [0.3, 0.4) is 0 Å². The van der Waals surface area contributed by atoms with Crippen LogP contribution in [0.5, 0.6) is 11.5 Å². The van der Waals surface area contributed by atoms with Crippen molar-refractivity contribution in [2.75, 3.05) is 0 Å². The minimum atomic E-state index is -4.77. The molecule has 0 saturated heterocycles. The predicted octanol–water partition coefficient (Wildman–Crippen LogP) is 5.76. The van der Waals surface area contributed by atoms with Crippen LogP contribution in [0.25, 0.3) is 10.9 Å². The molecule has 124 valence electrons. The van der Waals surface area contributed by atoms with E-state index in [1.165, 1.54) is 42.5 Å². The minimum absolute atomic E-state index is 0.0685. The Hall–Kier alpha value is -1.99. The van der Waals surface area contributed by atoms with E-state index < -0.39 is 23.0 Å². The van der Waals surface area contributed by atoms with Crippen LogP contribution in [0.4, 0.5) is 13.2 Å². The quantitative estimate of drug-likeness (QED) is 0.575. The van der Waals surface area contributed by atoms with Crippen molar-refractivity contribution < 1.29 is 17.9 Å². The molecule has 0 unspecified atom stereocenters. The van der Waals surface area contributed by atoms with E-state index in [2.05, 4.69) is 20.9 Å². The molecule has 0 atom stereocenters. The van der Waals surface area contributed by atoms with E-state index in [-0.39, 0.29) is 16.7 Å². The lowest BCUT2D eigenvalue weighted by molar-refractivity contribution is -0.137. The van der Waals surface area contributed by atoms with Gasteiger partial charge in [-0.2, -0.15) is 13.2 Å². The molecule has 0 radical (unpaired) electrons. The summed E-state index contributed by atoms with van der Waals surface area (Å²) in [6.07, 6.45) is -4.77. The van der Waals surface area contributed by atoms with E-state index in [1.54, 1.807) is 0 Å². The van der Waals surface area contributed by atoms with Gasteiger partial charge in [-0.3, -0.25) is 4.79 Å². The van der Waals surface area contributed by atoms with Gasteiger partial charge < -0.3 is 9.72 Å². The number of aromatic nitrogens is 1. The summed E-state index contributed by atoms with van der Waals surface area (Å²) in [7, 11) is 0. The predicted molar refractivity (Wildman–Crippen MR) is 88.8 cm³/mol. The Labute approximate surface area is 147 Å². The van der Waals surface area contributed by atoms with Crippen molar-refractivity contribution in [1.82, 2.24) is 4.98 Å². The first-order valence-corrected chi connectivity index (χ1v) is 7.79. The Morgan fingerprint density at radius 3 is 2.38 bits per heavy atom. The molecule has 24 heavy (non-hydrogen) atoms. The van der Waals surface area contributed by atoms with E-state index >= 15 is 0 Å². The van der Waals surface area contributed by atoms with E-state index in [4.69, 9.17) is 16.3 Å². The van der Waals surface area contributed by atoms with Crippen molar-refractivity contribution in [3.05, 3.63) is 67.9 Å². The van der Waals surface area contributed by atoms with E-state index in [9.17, 15) is 18.0 Å². The van der Waals surface area contributed by atoms with Gasteiger partial charge in [0, 0.05) is 20.4 Å². The van der Waals surface area contributed by atoms with Crippen LogP contribution in [-0.4, -0.2) is 4.98 Å². The number of rotatable bonds is 2. The SMILES string of the molecule is O=c1[nH]c2ccc(Br)cc2c(C(F)(F)F)c1Oc1ccc(Cl)cc1. The third-order valence-corrected chi connectivity index (χ3v) is 3.99. The average molecular weight is 419 g/mol. The molecular weight excluding hydrogens is 411 g/mol. The summed E-state index contributed by atoms with van der Waals surface area (Å²) < 4.78 is 46.4. The fraction of sp³-hybridized carbons (Fsp3) is 0.0625. The first-order valence-electron chi connectivity index (χ1n) is 6.62. The zero-order valence-electron chi connectivity index (χ0n) is 11.7. The Kier molecular flexibility index (Phi) is 4.31. The number of fused-ring (bicyclic) bond motifs is 1. The molecule has 0 aliphatic heterocycles. The highest BCUT2D eigenvalue weighted by Gasteiger charge is 2.38. The summed E-state index contributed by atoms with van der Waals surface area (Å²) in [5.41, 5.74) is -2.02. The first kappa shape index (κ1) is 16.9. The molecule has 8 heteroatoms. The lowest BCUT2D eigenvalue weighted by Gasteiger charge is -2.15. The van der Waals surface area contributed by atoms with Crippen molar-refractivity contribution in [1.29, 1.82) is 0 Å². The molecule has 0 amide bonds. The molecule has 3 nitrogen and oxygen atoms in total. The molecule has 0 fully saturated rings. The van der Waals surface area contributed by atoms with E-state index in [0.717, 1.165) is 0 Å². The number of alkyl halides is 3. The second kappa shape index (κ2) is 6.14. The number of nitrogens with one attached hydrogen (secondary N) is 1. The van der Waals surface area contributed by atoms with Crippen LogP contribution >= 0.6 is 27.5 Å².